The first-order chi connectivity index (χ1) is 9.45. The van der Waals surface area contributed by atoms with Gasteiger partial charge in [0, 0.05) is 0 Å². The zero-order valence-electron chi connectivity index (χ0n) is 17.2. The van der Waals surface area contributed by atoms with Crippen molar-refractivity contribution in [3.63, 3.8) is 0 Å². The molecule has 0 aliphatic rings. The minimum atomic E-state index is -10.7. The molecule has 0 fully saturated rings. The van der Waals surface area contributed by atoms with E-state index in [0.717, 1.165) is 4.48 Å². The van der Waals surface area contributed by atoms with E-state index in [1.165, 1.54) is 0 Å². The summed E-state index contributed by atoms with van der Waals surface area (Å²) in [7, 11) is -10.7. The van der Waals surface area contributed by atoms with Crippen molar-refractivity contribution >= 4 is 7.81 Å². The molecule has 24 heavy (non-hydrogen) atoms. The van der Waals surface area contributed by atoms with Gasteiger partial charge in [-0.1, -0.05) is 0 Å². The zero-order chi connectivity index (χ0) is 20.9. The van der Waals surface area contributed by atoms with Crippen LogP contribution in [0.4, 0.5) is 25.2 Å². The number of halogens is 6. The van der Waals surface area contributed by atoms with Gasteiger partial charge in [-0.15, -0.1) is 0 Å². The van der Waals surface area contributed by atoms with E-state index in [9.17, 15) is 25.2 Å². The van der Waals surface area contributed by atoms with Gasteiger partial charge in [0.2, 0.25) is 0 Å². The molecule has 0 N–H and O–H groups in total. The van der Waals surface area contributed by atoms with Crippen molar-refractivity contribution in [1.29, 1.82) is 0 Å². The van der Waals surface area contributed by atoms with Gasteiger partial charge in [-0.25, -0.2) is 0 Å². The van der Waals surface area contributed by atoms with Gasteiger partial charge in [-0.2, -0.15) is 0 Å². The Labute approximate surface area is 143 Å². The average Bonchev–Trinajstić information content (AvgIpc) is 1.80. The van der Waals surface area contributed by atoms with Crippen LogP contribution in [0, 0.1) is 0 Å². The SMILES string of the molecule is CC(C)(C)[N+](C(C)(C)C)(C(C)(C)C)C(C)(C)C.F[P-](F)(F)(F)(F)F. The normalized spacial score (nSPS) is 18.2. The summed E-state index contributed by atoms with van der Waals surface area (Å²) in [6.07, 6.45) is 0. The summed E-state index contributed by atoms with van der Waals surface area (Å²) in [6.45, 7) is 28.6. The molecule has 0 aliphatic heterocycles. The first-order valence-corrected chi connectivity index (χ1v) is 9.94. The third kappa shape index (κ3) is 7.47. The van der Waals surface area contributed by atoms with E-state index in [-0.39, 0.29) is 22.2 Å². The molecular formula is C16H36F6NP. The van der Waals surface area contributed by atoms with Crippen LogP contribution in [0.15, 0.2) is 0 Å². The van der Waals surface area contributed by atoms with Crippen molar-refractivity contribution in [3.8, 4) is 0 Å². The number of nitrogens with zero attached hydrogens (tertiary/aromatic N) is 1. The van der Waals surface area contributed by atoms with Gasteiger partial charge in [-0.3, -0.25) is 0 Å². The second kappa shape index (κ2) is 5.48. The number of rotatable bonds is 0. The molecule has 0 aliphatic carbocycles. The zero-order valence-corrected chi connectivity index (χ0v) is 18.1. The Morgan fingerprint density at radius 3 is 0.500 bits per heavy atom. The average molecular weight is 387 g/mol. The van der Waals surface area contributed by atoms with Gasteiger partial charge in [0.1, 0.15) is 0 Å². The van der Waals surface area contributed by atoms with Crippen LogP contribution < -0.4 is 0 Å². The van der Waals surface area contributed by atoms with Crippen molar-refractivity contribution in [2.75, 3.05) is 0 Å². The molecule has 0 saturated carbocycles. The first kappa shape index (κ1) is 26.2. The molecule has 0 rings (SSSR count). The van der Waals surface area contributed by atoms with Crippen LogP contribution in [0.25, 0.3) is 0 Å². The molecule has 0 aromatic heterocycles. The van der Waals surface area contributed by atoms with Crippen LogP contribution in [0.2, 0.25) is 0 Å². The van der Waals surface area contributed by atoms with E-state index in [2.05, 4.69) is 83.1 Å². The topological polar surface area (TPSA) is 0 Å². The predicted octanol–water partition coefficient (Wildman–Crippen LogP) is 8.38. The third-order valence-corrected chi connectivity index (χ3v) is 4.02. The van der Waals surface area contributed by atoms with E-state index in [1.807, 2.05) is 0 Å². The van der Waals surface area contributed by atoms with Crippen molar-refractivity contribution < 1.29 is 29.7 Å². The number of hydrogen-bond acceptors (Lipinski definition) is 0. The van der Waals surface area contributed by atoms with Crippen molar-refractivity contribution in [1.82, 2.24) is 0 Å². The summed E-state index contributed by atoms with van der Waals surface area (Å²) in [6, 6.07) is 0. The molecule has 0 spiro atoms. The van der Waals surface area contributed by atoms with Gasteiger partial charge < -0.3 is 4.48 Å². The summed E-state index contributed by atoms with van der Waals surface area (Å²) < 4.78 is 60.3. The molecule has 0 unspecified atom stereocenters. The van der Waals surface area contributed by atoms with E-state index in [4.69, 9.17) is 0 Å². The molecule has 0 amide bonds. The Bertz CT molecular complexity index is 365. The Morgan fingerprint density at radius 1 is 0.417 bits per heavy atom. The second-order valence-corrected chi connectivity index (χ2v) is 12.2. The predicted molar refractivity (Wildman–Crippen MR) is 92.8 cm³/mol. The van der Waals surface area contributed by atoms with Crippen LogP contribution in [0.1, 0.15) is 83.1 Å². The Balaban J connectivity index is 0. The van der Waals surface area contributed by atoms with Crippen LogP contribution in [-0.4, -0.2) is 26.6 Å². The van der Waals surface area contributed by atoms with Crippen molar-refractivity contribution in [2.24, 2.45) is 0 Å². The Kier molecular flexibility index (Phi) is 5.99. The molecule has 0 aromatic rings. The van der Waals surface area contributed by atoms with E-state index in [0.29, 0.717) is 0 Å². The summed E-state index contributed by atoms with van der Waals surface area (Å²) in [5.41, 5.74) is 0.812. The van der Waals surface area contributed by atoms with Crippen molar-refractivity contribution in [3.05, 3.63) is 0 Å². The maximum absolute atomic E-state index is 10.7. The summed E-state index contributed by atoms with van der Waals surface area (Å²) >= 11 is 0. The standard InChI is InChI=1S/C16H36N.F6P/c1-13(2,3)17(14(4,5)6,15(7,8)9)16(10,11)12;1-7(2,3,4,5)6/h1-12H3;/q+1;-1. The fourth-order valence-electron chi connectivity index (χ4n) is 6.04. The van der Waals surface area contributed by atoms with Gasteiger partial charge in [-0.05, 0) is 83.1 Å². The number of hydrogen-bond donors (Lipinski definition) is 0. The third-order valence-electron chi connectivity index (χ3n) is 4.02. The fraction of sp³-hybridized carbons (Fsp3) is 1.00. The Hall–Kier alpha value is -0.0300. The molecule has 0 aromatic carbocycles. The summed E-state index contributed by atoms with van der Waals surface area (Å²) in [5, 5.41) is 0. The van der Waals surface area contributed by atoms with Crippen molar-refractivity contribution in [2.45, 2.75) is 105 Å². The summed E-state index contributed by atoms with van der Waals surface area (Å²) in [5.74, 6) is 0. The molecule has 0 radical (unpaired) electrons. The fourth-order valence-corrected chi connectivity index (χ4v) is 6.04. The monoisotopic (exact) mass is 387 g/mol. The maximum atomic E-state index is 9.87. The molecule has 152 valence electrons. The van der Waals surface area contributed by atoms with Gasteiger partial charge in [0.15, 0.2) is 0 Å². The van der Waals surface area contributed by atoms with Crippen LogP contribution in [0.5, 0.6) is 0 Å². The molecule has 8 heteroatoms. The minimum absolute atomic E-state index is 0.203. The number of quaternary nitrogens is 1. The molecular weight excluding hydrogens is 351 g/mol. The van der Waals surface area contributed by atoms with Crippen LogP contribution >= 0.6 is 7.81 Å². The summed E-state index contributed by atoms with van der Waals surface area (Å²) in [4.78, 5) is 0. The Morgan fingerprint density at radius 2 is 0.500 bits per heavy atom. The van der Waals surface area contributed by atoms with Gasteiger partial charge >= 0.3 is 33.0 Å². The van der Waals surface area contributed by atoms with E-state index in [1.54, 1.807) is 0 Å². The molecule has 1 nitrogen and oxygen atoms in total. The van der Waals surface area contributed by atoms with Gasteiger partial charge in [0.25, 0.3) is 0 Å². The second-order valence-electron chi connectivity index (χ2n) is 10.3. The van der Waals surface area contributed by atoms with E-state index >= 15 is 0 Å². The molecule has 0 heterocycles. The molecule has 0 bridgehead atoms. The van der Waals surface area contributed by atoms with Crippen LogP contribution in [-0.2, 0) is 0 Å². The molecule has 0 saturated heterocycles. The van der Waals surface area contributed by atoms with Gasteiger partial charge in [0.05, 0.1) is 22.2 Å². The first-order valence-electron chi connectivity index (χ1n) is 7.91. The molecule has 0 atom stereocenters. The quantitative estimate of drug-likeness (QED) is 0.222. The van der Waals surface area contributed by atoms with Crippen LogP contribution in [0.3, 0.4) is 0 Å². The van der Waals surface area contributed by atoms with E-state index < -0.39 is 7.81 Å².